The van der Waals surface area contributed by atoms with Crippen molar-refractivity contribution in [1.29, 1.82) is 0 Å². The first-order valence-corrected chi connectivity index (χ1v) is 7.91. The number of nitro groups is 1. The van der Waals surface area contributed by atoms with Crippen molar-refractivity contribution in [3.63, 3.8) is 0 Å². The molecule has 0 aliphatic carbocycles. The Kier molecular flexibility index (Phi) is 5.44. The zero-order valence-corrected chi connectivity index (χ0v) is 15.3. The van der Waals surface area contributed by atoms with Crippen LogP contribution in [0.5, 0.6) is 0 Å². The SMILES string of the molecule is Cc1cc(NC(=O)COC(=O)c2c(C)oc(C)c2C)c([N+](=O)[O-])cc1C. The Hall–Kier alpha value is -3.16. The van der Waals surface area contributed by atoms with Crippen LogP contribution in [0.4, 0.5) is 11.4 Å². The highest BCUT2D eigenvalue weighted by atomic mass is 16.6. The molecule has 0 aliphatic rings. The van der Waals surface area contributed by atoms with Crippen LogP contribution in [0.25, 0.3) is 0 Å². The van der Waals surface area contributed by atoms with Gasteiger partial charge >= 0.3 is 5.97 Å². The monoisotopic (exact) mass is 360 g/mol. The molecule has 0 bridgehead atoms. The molecule has 0 aliphatic heterocycles. The number of anilines is 1. The number of aryl methyl sites for hydroxylation is 4. The van der Waals surface area contributed by atoms with E-state index in [2.05, 4.69) is 5.32 Å². The van der Waals surface area contributed by atoms with E-state index in [4.69, 9.17) is 9.15 Å². The average molecular weight is 360 g/mol. The Morgan fingerprint density at radius 1 is 1.12 bits per heavy atom. The minimum Gasteiger partial charge on any atom is -0.465 e. The number of carbonyl (C=O) groups excluding carboxylic acids is 2. The summed E-state index contributed by atoms with van der Waals surface area (Å²) in [6.45, 7) is 8.04. The third-order valence-corrected chi connectivity index (χ3v) is 4.18. The molecule has 0 spiro atoms. The summed E-state index contributed by atoms with van der Waals surface area (Å²) in [5.74, 6) is -0.332. The summed E-state index contributed by atoms with van der Waals surface area (Å²) in [4.78, 5) is 34.8. The second-order valence-electron chi connectivity index (χ2n) is 6.05. The van der Waals surface area contributed by atoms with Crippen molar-refractivity contribution in [2.45, 2.75) is 34.6 Å². The van der Waals surface area contributed by atoms with Crippen LogP contribution in [-0.4, -0.2) is 23.4 Å². The standard InChI is InChI=1S/C18H20N2O6/c1-9-6-14(15(20(23)24)7-10(9)2)19-16(21)8-25-18(22)17-11(3)12(4)26-13(17)5/h6-7H,8H2,1-5H3,(H,19,21). The van der Waals surface area contributed by atoms with E-state index in [0.29, 0.717) is 17.1 Å². The summed E-state index contributed by atoms with van der Waals surface area (Å²) in [6.07, 6.45) is 0. The van der Waals surface area contributed by atoms with E-state index in [1.807, 2.05) is 0 Å². The van der Waals surface area contributed by atoms with Crippen LogP contribution in [0.1, 0.15) is 38.6 Å². The third-order valence-electron chi connectivity index (χ3n) is 4.18. The van der Waals surface area contributed by atoms with Gasteiger partial charge in [0.15, 0.2) is 6.61 Å². The van der Waals surface area contributed by atoms with Crippen molar-refractivity contribution in [3.05, 3.63) is 56.0 Å². The Morgan fingerprint density at radius 2 is 1.73 bits per heavy atom. The lowest BCUT2D eigenvalue weighted by molar-refractivity contribution is -0.384. The number of furan rings is 1. The molecule has 2 rings (SSSR count). The average Bonchev–Trinajstić information content (AvgIpc) is 2.80. The van der Waals surface area contributed by atoms with E-state index < -0.39 is 23.4 Å². The summed E-state index contributed by atoms with van der Waals surface area (Å²) in [5.41, 5.74) is 2.31. The van der Waals surface area contributed by atoms with Crippen LogP contribution in [-0.2, 0) is 9.53 Å². The predicted molar refractivity (Wildman–Crippen MR) is 94.4 cm³/mol. The number of rotatable bonds is 5. The number of nitro benzene ring substituents is 1. The molecule has 26 heavy (non-hydrogen) atoms. The number of benzene rings is 1. The fraction of sp³-hybridized carbons (Fsp3) is 0.333. The Labute approximate surface area is 150 Å². The molecule has 0 atom stereocenters. The van der Waals surface area contributed by atoms with Gasteiger partial charge in [0.25, 0.3) is 11.6 Å². The van der Waals surface area contributed by atoms with Crippen LogP contribution in [0.2, 0.25) is 0 Å². The summed E-state index contributed by atoms with van der Waals surface area (Å²) in [7, 11) is 0. The van der Waals surface area contributed by atoms with Gasteiger partial charge in [-0.25, -0.2) is 4.79 Å². The second kappa shape index (κ2) is 7.38. The molecule has 1 N–H and O–H groups in total. The van der Waals surface area contributed by atoms with E-state index in [0.717, 1.165) is 11.1 Å². The molecule has 0 fully saturated rings. The van der Waals surface area contributed by atoms with Gasteiger partial charge in [0.2, 0.25) is 0 Å². The number of amides is 1. The van der Waals surface area contributed by atoms with Gasteiger partial charge in [-0.15, -0.1) is 0 Å². The fourth-order valence-electron chi connectivity index (χ4n) is 2.54. The van der Waals surface area contributed by atoms with E-state index in [9.17, 15) is 19.7 Å². The molecule has 8 heteroatoms. The minimum absolute atomic E-state index is 0.0608. The molecule has 0 radical (unpaired) electrons. The molecular weight excluding hydrogens is 340 g/mol. The molecule has 0 unspecified atom stereocenters. The van der Waals surface area contributed by atoms with E-state index in [1.54, 1.807) is 34.6 Å². The largest absolute Gasteiger partial charge is 0.465 e. The van der Waals surface area contributed by atoms with Gasteiger partial charge in [-0.2, -0.15) is 0 Å². The topological polar surface area (TPSA) is 112 Å². The number of nitrogens with zero attached hydrogens (tertiary/aromatic N) is 1. The van der Waals surface area contributed by atoms with Gasteiger partial charge in [-0.1, -0.05) is 0 Å². The summed E-state index contributed by atoms with van der Waals surface area (Å²) >= 11 is 0. The number of nitrogens with one attached hydrogen (secondary N) is 1. The van der Waals surface area contributed by atoms with Crippen molar-refractivity contribution in [3.8, 4) is 0 Å². The highest BCUT2D eigenvalue weighted by Gasteiger charge is 2.22. The normalized spacial score (nSPS) is 10.5. The molecule has 1 amide bonds. The van der Waals surface area contributed by atoms with Crippen molar-refractivity contribution >= 4 is 23.3 Å². The molecule has 1 aromatic carbocycles. The zero-order valence-electron chi connectivity index (χ0n) is 15.3. The first-order valence-electron chi connectivity index (χ1n) is 7.91. The molecular formula is C18H20N2O6. The van der Waals surface area contributed by atoms with Crippen LogP contribution >= 0.6 is 0 Å². The van der Waals surface area contributed by atoms with Crippen molar-refractivity contribution < 1.29 is 23.7 Å². The van der Waals surface area contributed by atoms with Gasteiger partial charge in [0.1, 0.15) is 22.8 Å². The summed E-state index contributed by atoms with van der Waals surface area (Å²) in [5, 5.41) is 13.6. The van der Waals surface area contributed by atoms with Gasteiger partial charge < -0.3 is 14.5 Å². The molecule has 8 nitrogen and oxygen atoms in total. The smallest absolute Gasteiger partial charge is 0.342 e. The van der Waals surface area contributed by atoms with E-state index in [1.165, 1.54) is 12.1 Å². The lowest BCUT2D eigenvalue weighted by atomic mass is 10.1. The lowest BCUT2D eigenvalue weighted by Gasteiger charge is -2.09. The van der Waals surface area contributed by atoms with Gasteiger partial charge in [-0.3, -0.25) is 14.9 Å². The Bertz CT molecular complexity index is 898. The van der Waals surface area contributed by atoms with Crippen molar-refractivity contribution in [1.82, 2.24) is 0 Å². The number of esters is 1. The van der Waals surface area contributed by atoms with Crippen LogP contribution in [0, 0.1) is 44.7 Å². The first-order chi connectivity index (χ1) is 12.1. The van der Waals surface area contributed by atoms with Gasteiger partial charge in [0, 0.05) is 11.6 Å². The molecule has 2 aromatic rings. The number of ether oxygens (including phenoxy) is 1. The fourth-order valence-corrected chi connectivity index (χ4v) is 2.54. The Morgan fingerprint density at radius 3 is 2.27 bits per heavy atom. The highest BCUT2D eigenvalue weighted by Crippen LogP contribution is 2.28. The third kappa shape index (κ3) is 3.90. The first kappa shape index (κ1) is 19.2. The maximum Gasteiger partial charge on any atom is 0.342 e. The second-order valence-corrected chi connectivity index (χ2v) is 6.05. The van der Waals surface area contributed by atoms with Crippen LogP contribution in [0.15, 0.2) is 16.5 Å². The maximum absolute atomic E-state index is 12.2. The molecule has 0 saturated carbocycles. The quantitative estimate of drug-likeness (QED) is 0.496. The maximum atomic E-state index is 12.2. The summed E-state index contributed by atoms with van der Waals surface area (Å²) < 4.78 is 10.4. The zero-order chi connectivity index (χ0) is 19.6. The van der Waals surface area contributed by atoms with Gasteiger partial charge in [-0.05, 0) is 51.8 Å². The molecule has 138 valence electrons. The van der Waals surface area contributed by atoms with Crippen LogP contribution < -0.4 is 5.32 Å². The van der Waals surface area contributed by atoms with Crippen molar-refractivity contribution in [2.75, 3.05) is 11.9 Å². The number of hydrogen-bond donors (Lipinski definition) is 1. The number of hydrogen-bond acceptors (Lipinski definition) is 6. The number of carbonyl (C=O) groups is 2. The van der Waals surface area contributed by atoms with E-state index >= 15 is 0 Å². The Balaban J connectivity index is 2.09. The minimum atomic E-state index is -0.679. The lowest BCUT2D eigenvalue weighted by Crippen LogP contribution is -2.22. The predicted octanol–water partition coefficient (Wildman–Crippen LogP) is 3.53. The van der Waals surface area contributed by atoms with Crippen molar-refractivity contribution in [2.24, 2.45) is 0 Å². The molecule has 1 aromatic heterocycles. The van der Waals surface area contributed by atoms with E-state index in [-0.39, 0.29) is 16.9 Å². The van der Waals surface area contributed by atoms with Crippen LogP contribution in [0.3, 0.4) is 0 Å². The molecule has 0 saturated heterocycles. The molecule has 1 heterocycles. The van der Waals surface area contributed by atoms with Gasteiger partial charge in [0.05, 0.1) is 4.92 Å². The summed E-state index contributed by atoms with van der Waals surface area (Å²) in [6, 6.07) is 2.90. The highest BCUT2D eigenvalue weighted by molar-refractivity contribution is 5.97.